The largest absolute Gasteiger partial charge is 0.336 e. The fraction of sp³-hybridized carbons (Fsp3) is 0.462. The highest BCUT2D eigenvalue weighted by Crippen LogP contribution is 2.12. The monoisotopic (exact) mass is 332 g/mol. The number of carbonyl (C=O) groups excluding carboxylic acids is 1. The van der Waals surface area contributed by atoms with Crippen molar-refractivity contribution >= 4 is 21.8 Å². The van der Waals surface area contributed by atoms with Gasteiger partial charge in [-0.05, 0) is 12.1 Å². The van der Waals surface area contributed by atoms with Gasteiger partial charge in [0.05, 0.1) is 0 Å². The Morgan fingerprint density at radius 3 is 2.21 bits per heavy atom. The van der Waals surface area contributed by atoms with Crippen molar-refractivity contribution in [3.05, 3.63) is 35.4 Å². The topological polar surface area (TPSA) is 23.6 Å². The van der Waals surface area contributed by atoms with Crippen LogP contribution in [0.15, 0.2) is 18.2 Å². The molecule has 0 saturated carbocycles. The summed E-state index contributed by atoms with van der Waals surface area (Å²) in [6.07, 6.45) is 0. The normalized spacial score (nSPS) is 16.7. The molecule has 1 aliphatic heterocycles. The lowest BCUT2D eigenvalue weighted by molar-refractivity contribution is 0.0644. The summed E-state index contributed by atoms with van der Waals surface area (Å²) in [5, 5.41) is 0.899. The molecule has 0 aliphatic carbocycles. The number of amides is 1. The van der Waals surface area contributed by atoms with Crippen LogP contribution in [0, 0.1) is 11.6 Å². The lowest BCUT2D eigenvalue weighted by Crippen LogP contribution is -2.49. The Kier molecular flexibility index (Phi) is 4.87. The van der Waals surface area contributed by atoms with Gasteiger partial charge in [-0.15, -0.1) is 0 Å². The van der Waals surface area contributed by atoms with Gasteiger partial charge in [0.1, 0.15) is 11.6 Å². The average molecular weight is 333 g/mol. The summed E-state index contributed by atoms with van der Waals surface area (Å²) in [6, 6.07) is 2.93. The number of alkyl halides is 1. The van der Waals surface area contributed by atoms with Gasteiger partial charge in [-0.2, -0.15) is 0 Å². The van der Waals surface area contributed by atoms with E-state index in [4.69, 9.17) is 0 Å². The quantitative estimate of drug-likeness (QED) is 0.791. The standard InChI is InChI=1S/C13H15BrF2N2O/c14-1-2-17-3-5-18(6-4-17)13(19)10-7-11(15)9-12(16)8-10/h7-9H,1-6H2. The first-order valence-corrected chi connectivity index (χ1v) is 7.26. The zero-order chi connectivity index (χ0) is 13.8. The minimum absolute atomic E-state index is 0.0754. The molecule has 1 aromatic carbocycles. The van der Waals surface area contributed by atoms with Crippen molar-refractivity contribution in [2.24, 2.45) is 0 Å². The number of carbonyl (C=O) groups is 1. The van der Waals surface area contributed by atoms with E-state index in [1.54, 1.807) is 4.90 Å². The van der Waals surface area contributed by atoms with Gasteiger partial charge in [-0.3, -0.25) is 9.69 Å². The number of benzene rings is 1. The number of nitrogens with zero attached hydrogens (tertiary/aromatic N) is 2. The fourth-order valence-electron chi connectivity index (χ4n) is 2.15. The van der Waals surface area contributed by atoms with Crippen molar-refractivity contribution in [1.82, 2.24) is 9.80 Å². The van der Waals surface area contributed by atoms with E-state index in [-0.39, 0.29) is 11.5 Å². The highest BCUT2D eigenvalue weighted by atomic mass is 79.9. The molecule has 1 aromatic rings. The molecule has 1 amide bonds. The third-order valence-corrected chi connectivity index (χ3v) is 3.52. The van der Waals surface area contributed by atoms with Crippen LogP contribution < -0.4 is 0 Å². The predicted octanol–water partition coefficient (Wildman–Crippen LogP) is 2.12. The van der Waals surface area contributed by atoms with E-state index in [0.29, 0.717) is 13.1 Å². The molecule has 104 valence electrons. The second-order valence-corrected chi connectivity index (χ2v) is 5.27. The maximum atomic E-state index is 13.1. The summed E-state index contributed by atoms with van der Waals surface area (Å²) in [5.41, 5.74) is 0.0754. The van der Waals surface area contributed by atoms with Crippen LogP contribution in [0.2, 0.25) is 0 Å². The first-order chi connectivity index (χ1) is 9.10. The van der Waals surface area contributed by atoms with Crippen LogP contribution in [0.4, 0.5) is 8.78 Å². The molecule has 0 bridgehead atoms. The van der Waals surface area contributed by atoms with E-state index < -0.39 is 11.6 Å². The van der Waals surface area contributed by atoms with Gasteiger partial charge >= 0.3 is 0 Å². The summed E-state index contributed by atoms with van der Waals surface area (Å²) < 4.78 is 26.2. The Morgan fingerprint density at radius 2 is 1.68 bits per heavy atom. The van der Waals surface area contributed by atoms with Crippen LogP contribution in [0.1, 0.15) is 10.4 Å². The molecule has 1 fully saturated rings. The summed E-state index contributed by atoms with van der Waals surface area (Å²) in [6.45, 7) is 3.69. The van der Waals surface area contributed by atoms with Gasteiger partial charge in [0, 0.05) is 49.7 Å². The highest BCUT2D eigenvalue weighted by Gasteiger charge is 2.22. The van der Waals surface area contributed by atoms with E-state index in [2.05, 4.69) is 20.8 Å². The van der Waals surface area contributed by atoms with E-state index >= 15 is 0 Å². The van der Waals surface area contributed by atoms with E-state index in [1.165, 1.54) is 0 Å². The zero-order valence-electron chi connectivity index (χ0n) is 10.4. The molecular weight excluding hydrogens is 318 g/mol. The Labute approximate surface area is 119 Å². The summed E-state index contributed by atoms with van der Waals surface area (Å²) in [5.74, 6) is -1.75. The summed E-state index contributed by atoms with van der Waals surface area (Å²) in [7, 11) is 0. The SMILES string of the molecule is O=C(c1cc(F)cc(F)c1)N1CCN(CCBr)CC1. The first kappa shape index (κ1) is 14.4. The molecule has 0 spiro atoms. The van der Waals surface area contributed by atoms with E-state index in [9.17, 15) is 13.6 Å². The smallest absolute Gasteiger partial charge is 0.254 e. The number of halogens is 3. The maximum absolute atomic E-state index is 13.1. The second kappa shape index (κ2) is 6.43. The molecule has 0 unspecified atom stereocenters. The molecule has 0 N–H and O–H groups in total. The van der Waals surface area contributed by atoms with Gasteiger partial charge in [-0.1, -0.05) is 15.9 Å². The maximum Gasteiger partial charge on any atom is 0.254 e. The molecule has 0 radical (unpaired) electrons. The molecular formula is C13H15BrF2N2O. The molecule has 0 atom stereocenters. The Balaban J connectivity index is 2.01. The van der Waals surface area contributed by atoms with Crippen LogP contribution in [-0.2, 0) is 0 Å². The van der Waals surface area contributed by atoms with Crippen molar-refractivity contribution in [1.29, 1.82) is 0 Å². The average Bonchev–Trinajstić information content (AvgIpc) is 2.38. The van der Waals surface area contributed by atoms with Crippen molar-refractivity contribution in [2.75, 3.05) is 38.1 Å². The summed E-state index contributed by atoms with van der Waals surface area (Å²) >= 11 is 3.38. The molecule has 1 heterocycles. The second-order valence-electron chi connectivity index (χ2n) is 4.48. The molecule has 0 aromatic heterocycles. The van der Waals surface area contributed by atoms with Gasteiger partial charge in [0.25, 0.3) is 5.91 Å². The van der Waals surface area contributed by atoms with Gasteiger partial charge in [-0.25, -0.2) is 8.78 Å². The first-order valence-electron chi connectivity index (χ1n) is 6.14. The molecule has 3 nitrogen and oxygen atoms in total. The molecule has 1 saturated heterocycles. The fourth-order valence-corrected chi connectivity index (χ4v) is 2.66. The number of piperazine rings is 1. The van der Waals surface area contributed by atoms with Crippen molar-refractivity contribution in [2.45, 2.75) is 0 Å². The third kappa shape index (κ3) is 3.73. The van der Waals surface area contributed by atoms with E-state index in [0.717, 1.165) is 43.2 Å². The van der Waals surface area contributed by atoms with Crippen LogP contribution in [0.5, 0.6) is 0 Å². The van der Waals surface area contributed by atoms with Gasteiger partial charge < -0.3 is 4.90 Å². The lowest BCUT2D eigenvalue weighted by Gasteiger charge is -2.34. The minimum atomic E-state index is -0.721. The molecule has 2 rings (SSSR count). The summed E-state index contributed by atoms with van der Waals surface area (Å²) in [4.78, 5) is 16.0. The van der Waals surface area contributed by atoms with Gasteiger partial charge in [0.2, 0.25) is 0 Å². The molecule has 1 aliphatic rings. The Morgan fingerprint density at radius 1 is 1.11 bits per heavy atom. The lowest BCUT2D eigenvalue weighted by atomic mass is 10.1. The molecule has 19 heavy (non-hydrogen) atoms. The number of hydrogen-bond acceptors (Lipinski definition) is 2. The van der Waals surface area contributed by atoms with Crippen molar-refractivity contribution in [3.63, 3.8) is 0 Å². The van der Waals surface area contributed by atoms with Crippen LogP contribution >= 0.6 is 15.9 Å². The minimum Gasteiger partial charge on any atom is -0.336 e. The van der Waals surface area contributed by atoms with Crippen molar-refractivity contribution < 1.29 is 13.6 Å². The van der Waals surface area contributed by atoms with Crippen molar-refractivity contribution in [3.8, 4) is 0 Å². The van der Waals surface area contributed by atoms with Crippen LogP contribution in [0.25, 0.3) is 0 Å². The number of hydrogen-bond donors (Lipinski definition) is 0. The number of rotatable bonds is 3. The highest BCUT2D eigenvalue weighted by molar-refractivity contribution is 9.09. The van der Waals surface area contributed by atoms with Gasteiger partial charge in [0.15, 0.2) is 0 Å². The van der Waals surface area contributed by atoms with E-state index in [1.807, 2.05) is 0 Å². The third-order valence-electron chi connectivity index (χ3n) is 3.17. The van der Waals surface area contributed by atoms with Crippen LogP contribution in [-0.4, -0.2) is 53.8 Å². The zero-order valence-corrected chi connectivity index (χ0v) is 12.0. The van der Waals surface area contributed by atoms with Crippen LogP contribution in [0.3, 0.4) is 0 Å². The predicted molar refractivity (Wildman–Crippen MR) is 72.5 cm³/mol. The molecule has 6 heteroatoms. The Hall–Kier alpha value is -1.01. The Bertz CT molecular complexity index is 442.